The quantitative estimate of drug-likeness (QED) is 0.557. The third kappa shape index (κ3) is 3.14. The van der Waals surface area contributed by atoms with E-state index in [4.69, 9.17) is 0 Å². The molecule has 0 aliphatic heterocycles. The molecule has 0 spiro atoms. The van der Waals surface area contributed by atoms with Gasteiger partial charge in [-0.2, -0.15) is 0 Å². The van der Waals surface area contributed by atoms with Crippen molar-refractivity contribution in [3.8, 4) is 11.8 Å². The molecule has 1 rings (SSSR count). The zero-order valence-electron chi connectivity index (χ0n) is 11.0. The van der Waals surface area contributed by atoms with Crippen molar-refractivity contribution in [2.24, 2.45) is 5.41 Å². The van der Waals surface area contributed by atoms with Gasteiger partial charge < -0.3 is 0 Å². The largest absolute Gasteiger partial charge is 0.102 e. The van der Waals surface area contributed by atoms with Crippen molar-refractivity contribution in [1.29, 1.82) is 0 Å². The van der Waals surface area contributed by atoms with Gasteiger partial charge in [-0.25, -0.2) is 0 Å². The zero-order chi connectivity index (χ0) is 12.2. The first kappa shape index (κ1) is 12.8. The van der Waals surface area contributed by atoms with E-state index in [0.29, 0.717) is 0 Å². The summed E-state index contributed by atoms with van der Waals surface area (Å²) in [7, 11) is 0. The summed E-state index contributed by atoms with van der Waals surface area (Å²) in [5.74, 6) is 5.98. The highest BCUT2D eigenvalue weighted by molar-refractivity contribution is 5.41. The van der Waals surface area contributed by atoms with Crippen LogP contribution in [0.15, 0.2) is 35.5 Å². The van der Waals surface area contributed by atoms with Crippen molar-refractivity contribution >= 4 is 0 Å². The summed E-state index contributed by atoms with van der Waals surface area (Å²) in [5.41, 5.74) is 4.08. The maximum Gasteiger partial charge on any atom is -0.00108 e. The van der Waals surface area contributed by atoms with E-state index < -0.39 is 0 Å². The summed E-state index contributed by atoms with van der Waals surface area (Å²) in [6.45, 7) is 12.7. The molecule has 0 amide bonds. The molecule has 0 aromatic carbocycles. The highest BCUT2D eigenvalue weighted by Gasteiger charge is 2.28. The predicted octanol–water partition coefficient (Wildman–Crippen LogP) is 4.65. The van der Waals surface area contributed by atoms with E-state index in [-0.39, 0.29) is 5.41 Å². The summed E-state index contributed by atoms with van der Waals surface area (Å²) in [5, 5.41) is 0. The Bertz CT molecular complexity index is 391. The minimum Gasteiger partial charge on any atom is -0.102 e. The van der Waals surface area contributed by atoms with Gasteiger partial charge in [0.2, 0.25) is 0 Å². The molecule has 0 saturated heterocycles. The van der Waals surface area contributed by atoms with E-state index in [1.54, 1.807) is 0 Å². The van der Waals surface area contributed by atoms with E-state index >= 15 is 0 Å². The van der Waals surface area contributed by atoms with Crippen LogP contribution in [-0.2, 0) is 0 Å². The fourth-order valence-electron chi connectivity index (χ4n) is 2.28. The number of hydrogen-bond donors (Lipinski definition) is 0. The molecule has 16 heavy (non-hydrogen) atoms. The Labute approximate surface area is 100 Å². The Kier molecular flexibility index (Phi) is 4.19. The van der Waals surface area contributed by atoms with E-state index in [1.165, 1.54) is 24.0 Å². The van der Waals surface area contributed by atoms with Crippen molar-refractivity contribution in [1.82, 2.24) is 0 Å². The molecule has 0 atom stereocenters. The molecule has 1 aliphatic rings. The van der Waals surface area contributed by atoms with Gasteiger partial charge in [0, 0.05) is 0 Å². The van der Waals surface area contributed by atoms with E-state index in [2.05, 4.69) is 44.4 Å². The first-order valence-corrected chi connectivity index (χ1v) is 5.97. The maximum absolute atomic E-state index is 4.18. The second-order valence-corrected chi connectivity index (χ2v) is 5.15. The maximum atomic E-state index is 4.18. The highest BCUT2D eigenvalue weighted by atomic mass is 14.3. The van der Waals surface area contributed by atoms with Crippen LogP contribution in [0, 0.1) is 17.3 Å². The van der Waals surface area contributed by atoms with Crippen molar-refractivity contribution in [3.05, 3.63) is 35.5 Å². The van der Waals surface area contributed by atoms with E-state index in [9.17, 15) is 0 Å². The van der Waals surface area contributed by atoms with Crippen LogP contribution in [0.25, 0.3) is 0 Å². The Hall–Kier alpha value is -1.22. The lowest BCUT2D eigenvalue weighted by molar-refractivity contribution is 0.371. The van der Waals surface area contributed by atoms with Gasteiger partial charge in [0.1, 0.15) is 0 Å². The van der Waals surface area contributed by atoms with Gasteiger partial charge in [-0.1, -0.05) is 44.1 Å². The molecule has 0 heteroatoms. The van der Waals surface area contributed by atoms with Crippen LogP contribution >= 0.6 is 0 Å². The summed E-state index contributed by atoms with van der Waals surface area (Å²) in [6, 6.07) is 0. The summed E-state index contributed by atoms with van der Waals surface area (Å²) < 4.78 is 0. The molecule has 1 saturated carbocycles. The average Bonchev–Trinajstić information content (AvgIpc) is 2.16. The molecule has 0 N–H and O–H groups in total. The SMILES string of the molecule is C=C1CCCC(C)(C)/C1=C/C=C(\C)C#CC. The topological polar surface area (TPSA) is 0 Å². The minimum atomic E-state index is 0.270. The summed E-state index contributed by atoms with van der Waals surface area (Å²) in [4.78, 5) is 0. The lowest BCUT2D eigenvalue weighted by Crippen LogP contribution is -2.20. The highest BCUT2D eigenvalue weighted by Crippen LogP contribution is 2.42. The molecule has 1 aliphatic carbocycles. The molecular weight excluding hydrogens is 192 g/mol. The van der Waals surface area contributed by atoms with Gasteiger partial charge in [0.05, 0.1) is 0 Å². The number of hydrogen-bond acceptors (Lipinski definition) is 0. The van der Waals surface area contributed by atoms with E-state index in [0.717, 1.165) is 12.0 Å². The first-order chi connectivity index (χ1) is 7.47. The smallest absolute Gasteiger partial charge is 0.00108 e. The molecule has 0 radical (unpaired) electrons. The molecular formula is C16H22. The third-order valence-electron chi connectivity index (χ3n) is 3.21. The molecule has 1 fully saturated rings. The first-order valence-electron chi connectivity index (χ1n) is 5.97. The minimum absolute atomic E-state index is 0.270. The van der Waals surface area contributed by atoms with Crippen LogP contribution < -0.4 is 0 Å². The molecule has 0 bridgehead atoms. The van der Waals surface area contributed by atoms with Crippen LogP contribution in [0.5, 0.6) is 0 Å². The van der Waals surface area contributed by atoms with E-state index in [1.807, 2.05) is 13.8 Å². The second-order valence-electron chi connectivity index (χ2n) is 5.15. The van der Waals surface area contributed by atoms with Gasteiger partial charge in [0.25, 0.3) is 0 Å². The normalized spacial score (nSPS) is 22.9. The van der Waals surface area contributed by atoms with Crippen molar-refractivity contribution < 1.29 is 0 Å². The van der Waals surface area contributed by atoms with Gasteiger partial charge in [-0.3, -0.25) is 0 Å². The van der Waals surface area contributed by atoms with Crippen molar-refractivity contribution in [2.75, 3.05) is 0 Å². The van der Waals surface area contributed by atoms with Crippen LogP contribution in [0.3, 0.4) is 0 Å². The monoisotopic (exact) mass is 214 g/mol. The standard InChI is InChI=1S/C16H22/c1-6-8-13(2)10-11-15-14(3)9-7-12-16(15,4)5/h10-11H,3,7,9,12H2,1-2,4-5H3/b13-10+,15-11+. The molecule has 0 heterocycles. The third-order valence-corrected chi connectivity index (χ3v) is 3.21. The van der Waals surface area contributed by atoms with Gasteiger partial charge in [-0.15, -0.1) is 5.92 Å². The van der Waals surface area contributed by atoms with Crippen molar-refractivity contribution in [3.63, 3.8) is 0 Å². The van der Waals surface area contributed by atoms with Gasteiger partial charge in [-0.05, 0) is 49.7 Å². The zero-order valence-corrected chi connectivity index (χ0v) is 11.0. The average molecular weight is 214 g/mol. The van der Waals surface area contributed by atoms with Gasteiger partial charge in [0.15, 0.2) is 0 Å². The van der Waals surface area contributed by atoms with Crippen LogP contribution in [0.2, 0.25) is 0 Å². The Morgan fingerprint density at radius 2 is 2.12 bits per heavy atom. The molecule has 0 unspecified atom stereocenters. The number of allylic oxidation sites excluding steroid dienone is 5. The van der Waals surface area contributed by atoms with Crippen LogP contribution in [-0.4, -0.2) is 0 Å². The summed E-state index contributed by atoms with van der Waals surface area (Å²) >= 11 is 0. The molecule has 0 nitrogen and oxygen atoms in total. The lowest BCUT2D eigenvalue weighted by Gasteiger charge is -2.34. The predicted molar refractivity (Wildman–Crippen MR) is 72.1 cm³/mol. The van der Waals surface area contributed by atoms with Crippen LogP contribution in [0.1, 0.15) is 47.0 Å². The fourth-order valence-corrected chi connectivity index (χ4v) is 2.28. The molecule has 0 aromatic heterocycles. The lowest BCUT2D eigenvalue weighted by atomic mass is 9.71. The van der Waals surface area contributed by atoms with Crippen molar-refractivity contribution in [2.45, 2.75) is 47.0 Å². The summed E-state index contributed by atoms with van der Waals surface area (Å²) in [6.07, 6.45) is 7.98. The molecule has 86 valence electrons. The Balaban J connectivity index is 2.98. The Morgan fingerprint density at radius 1 is 1.44 bits per heavy atom. The fraction of sp³-hybridized carbons (Fsp3) is 0.500. The van der Waals surface area contributed by atoms with Gasteiger partial charge >= 0.3 is 0 Å². The number of rotatable bonds is 1. The Morgan fingerprint density at radius 3 is 2.69 bits per heavy atom. The second kappa shape index (κ2) is 5.21. The van der Waals surface area contributed by atoms with Crippen LogP contribution in [0.4, 0.5) is 0 Å². The molecule has 0 aromatic rings.